The number of carbonyl (C=O) groups is 4. The summed E-state index contributed by atoms with van der Waals surface area (Å²) >= 11 is 0. The molecular weight excluding hydrogens is 895 g/mol. The molecule has 0 spiro atoms. The summed E-state index contributed by atoms with van der Waals surface area (Å²) in [5.74, 6) is -2.78. The summed E-state index contributed by atoms with van der Waals surface area (Å²) < 4.78 is 41.8. The monoisotopic (exact) mass is 968 g/mol. The van der Waals surface area contributed by atoms with E-state index in [4.69, 9.17) is 14.5 Å². The highest BCUT2D eigenvalue weighted by molar-refractivity contribution is 7.93. The van der Waals surface area contributed by atoms with Crippen molar-refractivity contribution >= 4 is 56.4 Å². The van der Waals surface area contributed by atoms with E-state index in [-0.39, 0.29) is 49.0 Å². The number of nitrogens with zero attached hydrogens (tertiary/aromatic N) is 5. The number of cyclic esters (lactones) is 1. The number of aromatic nitrogens is 1. The van der Waals surface area contributed by atoms with Crippen molar-refractivity contribution in [2.75, 3.05) is 40.4 Å². The van der Waals surface area contributed by atoms with Gasteiger partial charge in [0.1, 0.15) is 18.1 Å². The van der Waals surface area contributed by atoms with Crippen LogP contribution in [-0.4, -0.2) is 122 Å². The molecule has 2 N–H and O–H groups in total. The Morgan fingerprint density at radius 3 is 2.46 bits per heavy atom. The van der Waals surface area contributed by atoms with Crippen molar-refractivity contribution in [3.05, 3.63) is 88.6 Å². The standard InChI is InChI=1S/C53H73N7O8S/c1-13-34(7)69(65,66)58-26-24-39(31-58)50(62)57(11)47(33(5)6)49(61)55-44-28-36-19-17-20-37(27-36)38-22-23-45-41(29-38)42(48(59(45)16-4)40(14-2)46(54-15-3)35(8)67-12)30-53(9,10)32-68-52(64)43-21-18-25-60(56-43)51(44)63/h13-15,17,19-20,22-23,27,29,33,35,39,43-44,47,56H,2,16,18,21,24-26,28,30-32H2,1,3-12H3,(H,55,61)/b34-13+,46-40+,54-15-/t35-,39-,43-,44-,47-/m0/s1. The Balaban J connectivity index is 1.42. The van der Waals surface area contributed by atoms with Crippen LogP contribution in [0, 0.1) is 17.3 Å². The van der Waals surface area contributed by atoms with Gasteiger partial charge in [0.05, 0.1) is 34.9 Å². The van der Waals surface area contributed by atoms with Crippen molar-refractivity contribution in [1.29, 1.82) is 0 Å². The number of fused-ring (bicyclic) bond motifs is 6. The zero-order chi connectivity index (χ0) is 50.5. The van der Waals surface area contributed by atoms with Gasteiger partial charge in [0.2, 0.25) is 21.8 Å². The molecule has 2 aromatic carbocycles. The SMILES string of the molecule is C=C/C(=C(\N=C/C)[C@H](C)OC)c1c2c3cc(ccc3n1CC)-c1cccc(c1)C[C@H](NC(=O)[C@H](C(C)C)N(C)C(=O)[C@H]1CCN(S(=O)(=O)/C(C)=C/C)C1)C(=O)N1CCC[C@H](N1)C(=O)OCC(C)(C)C2. The maximum atomic E-state index is 14.8. The van der Waals surface area contributed by atoms with Crippen LogP contribution in [0.15, 0.2) is 76.8 Å². The van der Waals surface area contributed by atoms with E-state index in [2.05, 4.69) is 60.9 Å². The first-order valence-electron chi connectivity index (χ1n) is 24.3. The molecule has 6 bridgehead atoms. The molecule has 69 heavy (non-hydrogen) atoms. The van der Waals surface area contributed by atoms with Crippen LogP contribution in [0.3, 0.4) is 0 Å². The lowest BCUT2D eigenvalue weighted by Crippen LogP contribution is -2.62. The first-order chi connectivity index (χ1) is 32.7. The Kier molecular flexibility index (Phi) is 17.0. The summed E-state index contributed by atoms with van der Waals surface area (Å²) in [7, 11) is -0.484. The van der Waals surface area contributed by atoms with Crippen molar-refractivity contribution in [2.45, 2.75) is 125 Å². The minimum atomic E-state index is -3.71. The van der Waals surface area contributed by atoms with Crippen LogP contribution < -0.4 is 10.7 Å². The van der Waals surface area contributed by atoms with Crippen LogP contribution >= 0.6 is 0 Å². The Morgan fingerprint density at radius 2 is 1.81 bits per heavy atom. The van der Waals surface area contributed by atoms with Crippen LogP contribution in [0.5, 0.6) is 0 Å². The highest BCUT2D eigenvalue weighted by Gasteiger charge is 2.42. The lowest BCUT2D eigenvalue weighted by molar-refractivity contribution is -0.155. The molecule has 15 nitrogen and oxygen atoms in total. The largest absolute Gasteiger partial charge is 0.464 e. The summed E-state index contributed by atoms with van der Waals surface area (Å²) in [5.41, 5.74) is 9.90. The van der Waals surface area contributed by atoms with Crippen molar-refractivity contribution in [2.24, 2.45) is 22.2 Å². The number of hydrazine groups is 1. The molecule has 3 amide bonds. The second kappa shape index (κ2) is 22.1. The van der Waals surface area contributed by atoms with Crippen molar-refractivity contribution in [3.8, 4) is 11.1 Å². The van der Waals surface area contributed by atoms with Crippen molar-refractivity contribution in [3.63, 3.8) is 0 Å². The highest BCUT2D eigenvalue weighted by atomic mass is 32.2. The number of likely N-dealkylation sites (N-methyl/N-ethyl adjacent to an activating group) is 1. The van der Waals surface area contributed by atoms with Gasteiger partial charge in [0.25, 0.3) is 5.91 Å². The number of ether oxygens (including phenoxy) is 2. The fourth-order valence-electron chi connectivity index (χ4n) is 10.0. The lowest BCUT2D eigenvalue weighted by atomic mass is 9.84. The molecular formula is C53H73N7O8S. The van der Waals surface area contributed by atoms with E-state index in [1.165, 1.54) is 27.2 Å². The summed E-state index contributed by atoms with van der Waals surface area (Å²) in [6.45, 7) is 22.5. The Morgan fingerprint density at radius 1 is 1.09 bits per heavy atom. The number of allylic oxidation sites excluding steroid dienone is 4. The van der Waals surface area contributed by atoms with Crippen LogP contribution in [0.2, 0.25) is 0 Å². The number of benzene rings is 2. The molecule has 4 heterocycles. The van der Waals surface area contributed by atoms with Gasteiger partial charge >= 0.3 is 5.97 Å². The number of aryl methyl sites for hydroxylation is 1. The number of sulfonamides is 1. The van der Waals surface area contributed by atoms with Gasteiger partial charge in [-0.1, -0.05) is 76.8 Å². The van der Waals surface area contributed by atoms with E-state index in [0.717, 1.165) is 50.1 Å². The number of hydrogen-bond acceptors (Lipinski definition) is 10. The zero-order valence-corrected chi connectivity index (χ0v) is 43.2. The van der Waals surface area contributed by atoms with E-state index < -0.39 is 57.3 Å². The zero-order valence-electron chi connectivity index (χ0n) is 42.4. The Bertz CT molecular complexity index is 2650. The second-order valence-electron chi connectivity index (χ2n) is 19.7. The number of aliphatic imine (C=N–C) groups is 1. The van der Waals surface area contributed by atoms with Gasteiger partial charge in [-0.15, -0.1) is 0 Å². The number of rotatable bonds is 13. The van der Waals surface area contributed by atoms with Gasteiger partial charge in [-0.2, -0.15) is 4.31 Å². The molecule has 1 aromatic heterocycles. The number of methoxy groups -OCH3 is 1. The summed E-state index contributed by atoms with van der Waals surface area (Å²) in [4.78, 5) is 63.8. The Hall–Kier alpha value is -5.42. The molecule has 0 unspecified atom stereocenters. The summed E-state index contributed by atoms with van der Waals surface area (Å²) in [6, 6.07) is 11.5. The third-order valence-corrected chi connectivity index (χ3v) is 15.9. The second-order valence-corrected chi connectivity index (χ2v) is 21.8. The average molecular weight is 968 g/mol. The summed E-state index contributed by atoms with van der Waals surface area (Å²) in [5, 5.41) is 5.49. The van der Waals surface area contributed by atoms with Gasteiger partial charge in [-0.3, -0.25) is 29.2 Å². The van der Waals surface area contributed by atoms with Crippen LogP contribution in [0.1, 0.15) is 98.4 Å². The average Bonchev–Trinajstić information content (AvgIpc) is 3.95. The molecule has 0 radical (unpaired) electrons. The van der Waals surface area contributed by atoms with Crippen LogP contribution in [0.4, 0.5) is 0 Å². The Labute approximate surface area is 409 Å². The molecule has 2 fully saturated rings. The maximum Gasteiger partial charge on any atom is 0.324 e. The molecule has 5 atom stereocenters. The lowest BCUT2D eigenvalue weighted by Gasteiger charge is -2.37. The van der Waals surface area contributed by atoms with Crippen molar-refractivity contribution < 1.29 is 37.1 Å². The third kappa shape index (κ3) is 11.3. The predicted molar refractivity (Wildman–Crippen MR) is 272 cm³/mol. The molecule has 0 aliphatic carbocycles. The molecule has 0 saturated carbocycles. The molecule has 3 aromatic rings. The molecule has 16 heteroatoms. The fraction of sp³-hybridized carbons (Fsp3) is 0.528. The van der Waals surface area contributed by atoms with Gasteiger partial charge in [0.15, 0.2) is 0 Å². The normalized spacial score (nSPS) is 22.0. The van der Waals surface area contributed by atoms with Crippen molar-refractivity contribution in [1.82, 2.24) is 29.5 Å². The van der Waals surface area contributed by atoms with Gasteiger partial charge in [0, 0.05) is 74.9 Å². The number of carbonyl (C=O) groups excluding carboxylic acids is 4. The van der Waals surface area contributed by atoms with Gasteiger partial charge < -0.3 is 24.3 Å². The minimum Gasteiger partial charge on any atom is -0.464 e. The third-order valence-electron chi connectivity index (χ3n) is 13.9. The number of hydrogen-bond donors (Lipinski definition) is 2. The fourth-order valence-corrected chi connectivity index (χ4v) is 11.4. The number of esters is 1. The first-order valence-corrected chi connectivity index (χ1v) is 25.7. The summed E-state index contributed by atoms with van der Waals surface area (Å²) in [6.07, 6.45) is 6.75. The van der Waals surface area contributed by atoms with Crippen LogP contribution in [-0.2, 0) is 58.1 Å². The molecule has 3 aliphatic rings. The highest BCUT2D eigenvalue weighted by Crippen LogP contribution is 2.40. The smallest absolute Gasteiger partial charge is 0.324 e. The molecule has 2 saturated heterocycles. The van der Waals surface area contributed by atoms with E-state index in [1.54, 1.807) is 27.3 Å². The molecule has 6 rings (SSSR count). The van der Waals surface area contributed by atoms with E-state index in [1.807, 2.05) is 58.0 Å². The molecule has 3 aliphatic heterocycles. The number of nitrogens with one attached hydrogen (secondary N) is 2. The van der Waals surface area contributed by atoms with E-state index in [9.17, 15) is 27.6 Å². The quantitative estimate of drug-likeness (QED) is 0.103. The first kappa shape index (κ1) is 52.9. The predicted octanol–water partition coefficient (Wildman–Crippen LogP) is 7.06. The maximum absolute atomic E-state index is 14.8. The van der Waals surface area contributed by atoms with E-state index in [0.29, 0.717) is 38.8 Å². The van der Waals surface area contributed by atoms with E-state index >= 15 is 0 Å². The van der Waals surface area contributed by atoms with Gasteiger partial charge in [-0.25, -0.2) is 13.8 Å². The topological polar surface area (TPSA) is 172 Å². The minimum absolute atomic E-state index is 0.0116. The van der Waals surface area contributed by atoms with Crippen LogP contribution in [0.25, 0.3) is 27.6 Å². The number of amides is 3. The van der Waals surface area contributed by atoms with Gasteiger partial charge in [-0.05, 0) is 101 Å². The molecule has 374 valence electrons.